The average Bonchev–Trinajstić information content (AvgIpc) is 2.46. The largest absolute Gasteiger partial charge is 0.374 e. The van der Waals surface area contributed by atoms with E-state index in [2.05, 4.69) is 10.6 Å². The van der Waals surface area contributed by atoms with Gasteiger partial charge in [0, 0.05) is 19.6 Å². The Morgan fingerprint density at radius 1 is 1.50 bits per heavy atom. The lowest BCUT2D eigenvalue weighted by Crippen LogP contribution is -2.45. The summed E-state index contributed by atoms with van der Waals surface area (Å²) < 4.78 is 5.54. The summed E-state index contributed by atoms with van der Waals surface area (Å²) in [5.41, 5.74) is 1.04. The second kappa shape index (κ2) is 6.52. The molecule has 0 radical (unpaired) electrons. The van der Waals surface area contributed by atoms with Gasteiger partial charge in [-0.3, -0.25) is 4.79 Å². The second-order valence-electron chi connectivity index (χ2n) is 4.57. The molecule has 0 bridgehead atoms. The lowest BCUT2D eigenvalue weighted by molar-refractivity contribution is -0.123. The van der Waals surface area contributed by atoms with Crippen LogP contribution in [-0.2, 0) is 9.53 Å². The first-order valence-corrected chi connectivity index (χ1v) is 6.42. The number of hydrogen-bond acceptors (Lipinski definition) is 3. The minimum Gasteiger partial charge on any atom is -0.374 e. The molecule has 1 heterocycles. The van der Waals surface area contributed by atoms with Crippen molar-refractivity contribution in [1.82, 2.24) is 10.6 Å². The third kappa shape index (κ3) is 3.55. The zero-order chi connectivity index (χ0) is 12.8. The smallest absolute Gasteiger partial charge is 0.227 e. The molecule has 1 aromatic carbocycles. The standard InChI is InChI=1S/C14H20N2O2/c1-11(12-5-3-2-4-6-12)14(17)16-10-13-9-15-7-8-18-13/h2-6,11,13,15H,7-10H2,1H3,(H,16,17). The van der Waals surface area contributed by atoms with Crippen molar-refractivity contribution >= 4 is 5.91 Å². The second-order valence-corrected chi connectivity index (χ2v) is 4.57. The zero-order valence-electron chi connectivity index (χ0n) is 10.7. The summed E-state index contributed by atoms with van der Waals surface area (Å²) in [6.45, 7) is 4.91. The summed E-state index contributed by atoms with van der Waals surface area (Å²) in [4.78, 5) is 12.0. The van der Waals surface area contributed by atoms with Gasteiger partial charge < -0.3 is 15.4 Å². The zero-order valence-corrected chi connectivity index (χ0v) is 10.7. The lowest BCUT2D eigenvalue weighted by Gasteiger charge is -2.24. The maximum absolute atomic E-state index is 12.0. The van der Waals surface area contributed by atoms with E-state index in [0.717, 1.165) is 25.3 Å². The van der Waals surface area contributed by atoms with E-state index in [1.807, 2.05) is 37.3 Å². The number of carbonyl (C=O) groups excluding carboxylic acids is 1. The normalized spacial score (nSPS) is 21.3. The van der Waals surface area contributed by atoms with Crippen LogP contribution in [0.25, 0.3) is 0 Å². The van der Waals surface area contributed by atoms with Gasteiger partial charge >= 0.3 is 0 Å². The molecule has 2 atom stereocenters. The van der Waals surface area contributed by atoms with Crippen LogP contribution in [0.2, 0.25) is 0 Å². The molecule has 1 amide bonds. The van der Waals surface area contributed by atoms with Gasteiger partial charge in [0.15, 0.2) is 0 Å². The molecule has 98 valence electrons. The molecule has 1 fully saturated rings. The Morgan fingerprint density at radius 2 is 2.28 bits per heavy atom. The molecular formula is C14H20N2O2. The molecule has 4 nitrogen and oxygen atoms in total. The molecule has 0 aromatic heterocycles. The number of ether oxygens (including phenoxy) is 1. The number of amides is 1. The maximum atomic E-state index is 12.0. The SMILES string of the molecule is CC(C(=O)NCC1CNCCO1)c1ccccc1. The van der Waals surface area contributed by atoms with E-state index in [4.69, 9.17) is 4.74 Å². The topological polar surface area (TPSA) is 50.4 Å². The molecule has 0 saturated carbocycles. The van der Waals surface area contributed by atoms with E-state index in [1.165, 1.54) is 0 Å². The van der Waals surface area contributed by atoms with E-state index in [1.54, 1.807) is 0 Å². The van der Waals surface area contributed by atoms with Crippen LogP contribution in [0.1, 0.15) is 18.4 Å². The monoisotopic (exact) mass is 248 g/mol. The fourth-order valence-electron chi connectivity index (χ4n) is 2.01. The summed E-state index contributed by atoms with van der Waals surface area (Å²) in [7, 11) is 0. The van der Waals surface area contributed by atoms with Crippen molar-refractivity contribution in [3.63, 3.8) is 0 Å². The van der Waals surface area contributed by atoms with Gasteiger partial charge in [-0.25, -0.2) is 0 Å². The van der Waals surface area contributed by atoms with Gasteiger partial charge in [0.2, 0.25) is 5.91 Å². The van der Waals surface area contributed by atoms with Crippen LogP contribution in [0.4, 0.5) is 0 Å². The Morgan fingerprint density at radius 3 is 2.94 bits per heavy atom. The molecule has 0 aliphatic carbocycles. The van der Waals surface area contributed by atoms with Crippen molar-refractivity contribution < 1.29 is 9.53 Å². The van der Waals surface area contributed by atoms with Crippen molar-refractivity contribution in [3.8, 4) is 0 Å². The van der Waals surface area contributed by atoms with Crippen LogP contribution in [0.5, 0.6) is 0 Å². The Labute approximate surface area is 108 Å². The highest BCUT2D eigenvalue weighted by molar-refractivity contribution is 5.83. The van der Waals surface area contributed by atoms with Crippen LogP contribution in [-0.4, -0.2) is 38.3 Å². The van der Waals surface area contributed by atoms with E-state index >= 15 is 0 Å². The molecule has 0 spiro atoms. The van der Waals surface area contributed by atoms with Crippen molar-refractivity contribution in [2.24, 2.45) is 0 Å². The molecule has 1 aliphatic heterocycles. The minimum atomic E-state index is -0.122. The molecule has 1 saturated heterocycles. The number of carbonyl (C=O) groups is 1. The van der Waals surface area contributed by atoms with E-state index in [-0.39, 0.29) is 17.9 Å². The lowest BCUT2D eigenvalue weighted by atomic mass is 10.0. The van der Waals surface area contributed by atoms with Gasteiger partial charge in [0.1, 0.15) is 0 Å². The van der Waals surface area contributed by atoms with Gasteiger partial charge in [0.05, 0.1) is 18.6 Å². The van der Waals surface area contributed by atoms with Crippen LogP contribution >= 0.6 is 0 Å². The van der Waals surface area contributed by atoms with Gasteiger partial charge in [-0.2, -0.15) is 0 Å². The van der Waals surface area contributed by atoms with E-state index in [0.29, 0.717) is 6.54 Å². The first-order chi connectivity index (χ1) is 8.77. The van der Waals surface area contributed by atoms with Crippen LogP contribution in [0.15, 0.2) is 30.3 Å². The van der Waals surface area contributed by atoms with Gasteiger partial charge in [0.25, 0.3) is 0 Å². The van der Waals surface area contributed by atoms with Gasteiger partial charge in [-0.15, -0.1) is 0 Å². The van der Waals surface area contributed by atoms with E-state index in [9.17, 15) is 4.79 Å². The molecule has 1 aromatic rings. The molecule has 2 rings (SSSR count). The summed E-state index contributed by atoms with van der Waals surface area (Å²) in [5, 5.41) is 6.19. The highest BCUT2D eigenvalue weighted by Crippen LogP contribution is 2.14. The van der Waals surface area contributed by atoms with Crippen molar-refractivity contribution in [2.75, 3.05) is 26.2 Å². The number of rotatable bonds is 4. The maximum Gasteiger partial charge on any atom is 0.227 e. The summed E-state index contributed by atoms with van der Waals surface area (Å²) in [6.07, 6.45) is 0.0886. The Hall–Kier alpha value is -1.39. The van der Waals surface area contributed by atoms with Crippen molar-refractivity contribution in [2.45, 2.75) is 18.9 Å². The first-order valence-electron chi connectivity index (χ1n) is 6.42. The number of benzene rings is 1. The number of hydrogen-bond donors (Lipinski definition) is 2. The molecule has 2 unspecified atom stereocenters. The fourth-order valence-corrected chi connectivity index (χ4v) is 2.01. The molecule has 18 heavy (non-hydrogen) atoms. The minimum absolute atomic E-state index is 0.0513. The Balaban J connectivity index is 1.80. The van der Waals surface area contributed by atoms with E-state index < -0.39 is 0 Å². The summed E-state index contributed by atoms with van der Waals surface area (Å²) in [5.74, 6) is -0.0712. The van der Waals surface area contributed by atoms with Crippen LogP contribution < -0.4 is 10.6 Å². The van der Waals surface area contributed by atoms with Crippen molar-refractivity contribution in [3.05, 3.63) is 35.9 Å². The van der Waals surface area contributed by atoms with Gasteiger partial charge in [-0.1, -0.05) is 30.3 Å². The first kappa shape index (κ1) is 13.1. The highest BCUT2D eigenvalue weighted by atomic mass is 16.5. The molecule has 4 heteroatoms. The predicted octanol–water partition coefficient (Wildman–Crippen LogP) is 0.895. The predicted molar refractivity (Wildman–Crippen MR) is 70.5 cm³/mol. The van der Waals surface area contributed by atoms with Crippen molar-refractivity contribution in [1.29, 1.82) is 0 Å². The number of nitrogens with one attached hydrogen (secondary N) is 2. The number of morpholine rings is 1. The quantitative estimate of drug-likeness (QED) is 0.832. The third-order valence-electron chi connectivity index (χ3n) is 3.20. The third-order valence-corrected chi connectivity index (χ3v) is 3.20. The Kier molecular flexibility index (Phi) is 4.73. The molecular weight excluding hydrogens is 228 g/mol. The van der Waals surface area contributed by atoms with Crippen LogP contribution in [0, 0.1) is 0 Å². The van der Waals surface area contributed by atoms with Gasteiger partial charge in [-0.05, 0) is 12.5 Å². The fraction of sp³-hybridized carbons (Fsp3) is 0.500. The molecule has 1 aliphatic rings. The highest BCUT2D eigenvalue weighted by Gasteiger charge is 2.18. The summed E-state index contributed by atoms with van der Waals surface area (Å²) in [6, 6.07) is 9.81. The molecule has 2 N–H and O–H groups in total. The average molecular weight is 248 g/mol. The Bertz CT molecular complexity index is 375. The summed E-state index contributed by atoms with van der Waals surface area (Å²) >= 11 is 0. The van der Waals surface area contributed by atoms with Crippen LogP contribution in [0.3, 0.4) is 0 Å².